The van der Waals surface area contributed by atoms with Crippen molar-refractivity contribution in [2.75, 3.05) is 12.8 Å². The van der Waals surface area contributed by atoms with Crippen molar-refractivity contribution < 1.29 is 14.6 Å². The number of thioether (sulfide) groups is 1. The van der Waals surface area contributed by atoms with Gasteiger partial charge in [0.25, 0.3) is 0 Å². The van der Waals surface area contributed by atoms with Crippen molar-refractivity contribution in [3.63, 3.8) is 0 Å². The molecule has 3 N–H and O–H groups in total. The van der Waals surface area contributed by atoms with Crippen LogP contribution in [0, 0.1) is 0 Å². The summed E-state index contributed by atoms with van der Waals surface area (Å²) in [5.41, 5.74) is 7.45. The molecule has 0 amide bonds. The topological polar surface area (TPSA) is 72.5 Å². The molecule has 0 aliphatic rings. The summed E-state index contributed by atoms with van der Waals surface area (Å²) in [5, 5.41) is 9.15. The zero-order chi connectivity index (χ0) is 14.5. The van der Waals surface area contributed by atoms with E-state index in [9.17, 15) is 4.79 Å². The summed E-state index contributed by atoms with van der Waals surface area (Å²) in [4.78, 5) is 12.1. The molecule has 0 spiro atoms. The van der Waals surface area contributed by atoms with Crippen LogP contribution in [-0.4, -0.2) is 18.2 Å². The van der Waals surface area contributed by atoms with E-state index in [4.69, 9.17) is 15.6 Å². The molecule has 0 atom stereocenters. The average Bonchev–Trinajstić information content (AvgIpc) is 2.46. The third-order valence-corrected chi connectivity index (χ3v) is 3.92. The number of nitrogens with two attached hydrogens (primary N) is 1. The Hall–Kier alpha value is -2.14. The minimum Gasteiger partial charge on any atom is -0.496 e. The lowest BCUT2D eigenvalue weighted by Crippen LogP contribution is -2.01. The summed E-state index contributed by atoms with van der Waals surface area (Å²) in [6, 6.07) is 12.4. The molecule has 104 valence electrons. The van der Waals surface area contributed by atoms with E-state index in [1.54, 1.807) is 31.4 Å². The number of aromatic carboxylic acids is 1. The van der Waals surface area contributed by atoms with Gasteiger partial charge in [0.05, 0.1) is 12.7 Å². The van der Waals surface area contributed by atoms with E-state index in [1.165, 1.54) is 11.8 Å². The molecule has 0 fully saturated rings. The van der Waals surface area contributed by atoms with E-state index in [2.05, 4.69) is 0 Å². The quantitative estimate of drug-likeness (QED) is 0.653. The molecular formula is C15H15NO3S. The zero-order valence-electron chi connectivity index (χ0n) is 11.0. The van der Waals surface area contributed by atoms with Crippen LogP contribution in [0.5, 0.6) is 5.75 Å². The molecule has 2 aromatic rings. The van der Waals surface area contributed by atoms with E-state index < -0.39 is 5.97 Å². The second-order valence-electron chi connectivity index (χ2n) is 4.16. The van der Waals surface area contributed by atoms with Crippen LogP contribution in [0.15, 0.2) is 47.4 Å². The molecule has 0 bridgehead atoms. The van der Waals surface area contributed by atoms with Gasteiger partial charge in [-0.25, -0.2) is 4.79 Å². The predicted octanol–water partition coefficient (Wildman–Crippen LogP) is 3.27. The van der Waals surface area contributed by atoms with E-state index in [0.29, 0.717) is 22.8 Å². The molecule has 0 aromatic heterocycles. The van der Waals surface area contributed by atoms with Gasteiger partial charge in [-0.2, -0.15) is 0 Å². The van der Waals surface area contributed by atoms with Crippen molar-refractivity contribution in [2.45, 2.75) is 10.6 Å². The Bertz CT molecular complexity index is 628. The van der Waals surface area contributed by atoms with Crippen LogP contribution >= 0.6 is 11.8 Å². The number of carbonyl (C=O) groups is 1. The molecule has 0 heterocycles. The lowest BCUT2D eigenvalue weighted by atomic mass is 10.1. The number of hydrogen-bond acceptors (Lipinski definition) is 4. The molecule has 2 rings (SSSR count). The largest absolute Gasteiger partial charge is 0.496 e. The summed E-state index contributed by atoms with van der Waals surface area (Å²) < 4.78 is 5.28. The first kappa shape index (κ1) is 14.3. The van der Waals surface area contributed by atoms with Gasteiger partial charge >= 0.3 is 5.97 Å². The highest BCUT2D eigenvalue weighted by molar-refractivity contribution is 7.98. The Morgan fingerprint density at radius 1 is 1.30 bits per heavy atom. The summed E-state index contributed by atoms with van der Waals surface area (Å²) in [7, 11) is 1.59. The molecule has 0 unspecified atom stereocenters. The van der Waals surface area contributed by atoms with E-state index >= 15 is 0 Å². The second kappa shape index (κ2) is 6.34. The van der Waals surface area contributed by atoms with Crippen LogP contribution < -0.4 is 10.5 Å². The fourth-order valence-electron chi connectivity index (χ4n) is 1.81. The maximum absolute atomic E-state index is 11.2. The first-order valence-electron chi connectivity index (χ1n) is 5.99. The number of hydrogen-bond donors (Lipinski definition) is 2. The van der Waals surface area contributed by atoms with Crippen LogP contribution in [-0.2, 0) is 5.75 Å². The van der Waals surface area contributed by atoms with Crippen molar-refractivity contribution in [2.24, 2.45) is 0 Å². The average molecular weight is 289 g/mol. The number of rotatable bonds is 5. The smallest absolute Gasteiger partial charge is 0.335 e. The van der Waals surface area contributed by atoms with Gasteiger partial charge in [0.1, 0.15) is 5.75 Å². The van der Waals surface area contributed by atoms with E-state index in [-0.39, 0.29) is 0 Å². The summed E-state index contributed by atoms with van der Waals surface area (Å²) in [5.74, 6) is 0.344. The number of methoxy groups -OCH3 is 1. The van der Waals surface area contributed by atoms with Gasteiger partial charge < -0.3 is 15.6 Å². The van der Waals surface area contributed by atoms with E-state index in [0.717, 1.165) is 10.5 Å². The Balaban J connectivity index is 2.19. The summed E-state index contributed by atoms with van der Waals surface area (Å²) in [6.07, 6.45) is 0. The highest BCUT2D eigenvalue weighted by Crippen LogP contribution is 2.33. The Labute approximate surface area is 121 Å². The minimum absolute atomic E-state index is 0.328. The van der Waals surface area contributed by atoms with Crippen LogP contribution in [0.1, 0.15) is 15.9 Å². The van der Waals surface area contributed by atoms with Crippen molar-refractivity contribution in [1.82, 2.24) is 0 Å². The van der Waals surface area contributed by atoms with E-state index in [1.807, 2.05) is 18.2 Å². The third kappa shape index (κ3) is 3.24. The molecule has 20 heavy (non-hydrogen) atoms. The maximum Gasteiger partial charge on any atom is 0.335 e. The highest BCUT2D eigenvalue weighted by atomic mass is 32.2. The molecular weight excluding hydrogens is 274 g/mol. The van der Waals surface area contributed by atoms with Crippen molar-refractivity contribution >= 4 is 23.4 Å². The lowest BCUT2D eigenvalue weighted by Gasteiger charge is -2.10. The fraction of sp³-hybridized carbons (Fsp3) is 0.133. The van der Waals surface area contributed by atoms with Gasteiger partial charge in [-0.15, -0.1) is 11.8 Å². The van der Waals surface area contributed by atoms with Crippen LogP contribution in [0.3, 0.4) is 0 Å². The number of nitrogen functional groups attached to an aromatic ring is 1. The Morgan fingerprint density at radius 2 is 2.05 bits per heavy atom. The monoisotopic (exact) mass is 289 g/mol. The highest BCUT2D eigenvalue weighted by Gasteiger charge is 2.10. The Morgan fingerprint density at radius 3 is 2.75 bits per heavy atom. The fourth-order valence-corrected chi connectivity index (χ4v) is 2.83. The van der Waals surface area contributed by atoms with Crippen LogP contribution in [0.25, 0.3) is 0 Å². The first-order chi connectivity index (χ1) is 9.61. The molecule has 0 saturated heterocycles. The number of benzene rings is 2. The van der Waals surface area contributed by atoms with Crippen molar-refractivity contribution in [3.8, 4) is 5.75 Å². The lowest BCUT2D eigenvalue weighted by molar-refractivity contribution is 0.0696. The molecule has 5 heteroatoms. The minimum atomic E-state index is -0.912. The SMILES string of the molecule is COc1cc(N)ccc1SCc1ccccc1C(=O)O. The van der Waals surface area contributed by atoms with Crippen molar-refractivity contribution in [1.29, 1.82) is 0 Å². The van der Waals surface area contributed by atoms with Crippen LogP contribution in [0.4, 0.5) is 5.69 Å². The molecule has 4 nitrogen and oxygen atoms in total. The number of anilines is 1. The summed E-state index contributed by atoms with van der Waals surface area (Å²) >= 11 is 1.52. The number of ether oxygens (including phenoxy) is 1. The van der Waals surface area contributed by atoms with Gasteiger partial charge in [0.2, 0.25) is 0 Å². The summed E-state index contributed by atoms with van der Waals surface area (Å²) in [6.45, 7) is 0. The third-order valence-electron chi connectivity index (χ3n) is 2.82. The molecule has 0 aliphatic heterocycles. The van der Waals surface area contributed by atoms with Gasteiger partial charge in [0.15, 0.2) is 0 Å². The van der Waals surface area contributed by atoms with Gasteiger partial charge in [-0.05, 0) is 23.8 Å². The Kier molecular flexibility index (Phi) is 4.53. The molecule has 0 radical (unpaired) electrons. The zero-order valence-corrected chi connectivity index (χ0v) is 11.8. The van der Waals surface area contributed by atoms with Crippen LogP contribution in [0.2, 0.25) is 0 Å². The number of carboxylic acid groups (broad SMARTS) is 1. The van der Waals surface area contributed by atoms with Crippen molar-refractivity contribution in [3.05, 3.63) is 53.6 Å². The van der Waals surface area contributed by atoms with Gasteiger partial charge in [0, 0.05) is 22.4 Å². The predicted molar refractivity (Wildman–Crippen MR) is 80.4 cm³/mol. The van der Waals surface area contributed by atoms with Gasteiger partial charge in [-0.3, -0.25) is 0 Å². The first-order valence-corrected chi connectivity index (χ1v) is 6.98. The molecule has 0 aliphatic carbocycles. The second-order valence-corrected chi connectivity index (χ2v) is 5.18. The van der Waals surface area contributed by atoms with Gasteiger partial charge in [-0.1, -0.05) is 18.2 Å². The molecule has 0 saturated carbocycles. The standard InChI is InChI=1S/C15H15NO3S/c1-19-13-8-11(16)6-7-14(13)20-9-10-4-2-3-5-12(10)15(17)18/h2-8H,9,16H2,1H3,(H,17,18). The molecule has 2 aromatic carbocycles. The normalized spacial score (nSPS) is 10.2. The number of carboxylic acids is 1. The maximum atomic E-state index is 11.2.